The summed E-state index contributed by atoms with van der Waals surface area (Å²) in [6.07, 6.45) is 1.70. The fraction of sp³-hybridized carbons (Fsp3) is 0.176. The Morgan fingerprint density at radius 2 is 2.04 bits per heavy atom. The van der Waals surface area contributed by atoms with Crippen molar-refractivity contribution in [3.8, 4) is 17.1 Å². The van der Waals surface area contributed by atoms with Gasteiger partial charge >= 0.3 is 0 Å². The first kappa shape index (κ1) is 13.6. The first-order valence-electron chi connectivity index (χ1n) is 7.49. The van der Waals surface area contributed by atoms with Crippen LogP contribution in [0.4, 0.5) is 5.69 Å². The highest BCUT2D eigenvalue weighted by Gasteiger charge is 2.18. The second-order valence-electron chi connectivity index (χ2n) is 5.94. The molecule has 116 valence electrons. The molecule has 0 fully saturated rings. The van der Waals surface area contributed by atoms with Gasteiger partial charge in [-0.2, -0.15) is 5.10 Å². The minimum atomic E-state index is 0.175. The summed E-state index contributed by atoms with van der Waals surface area (Å²) >= 11 is 0. The number of aromatic nitrogens is 4. The zero-order valence-electron chi connectivity index (χ0n) is 12.9. The molecule has 0 aliphatic rings. The van der Waals surface area contributed by atoms with Crippen LogP contribution >= 0.6 is 0 Å². The van der Waals surface area contributed by atoms with Gasteiger partial charge in [-0.3, -0.25) is 0 Å². The number of hydrogen-bond acceptors (Lipinski definition) is 4. The molecule has 0 bridgehead atoms. The molecule has 4 N–H and O–H groups in total. The number of nitrogen functional groups attached to an aromatic ring is 1. The van der Waals surface area contributed by atoms with E-state index in [0.29, 0.717) is 5.69 Å². The molecule has 3 heterocycles. The van der Waals surface area contributed by atoms with Gasteiger partial charge in [0.25, 0.3) is 0 Å². The topological polar surface area (TPSA) is 92.8 Å². The zero-order valence-corrected chi connectivity index (χ0v) is 12.9. The lowest BCUT2D eigenvalue weighted by molar-refractivity contribution is 0.476. The number of pyridine rings is 1. The van der Waals surface area contributed by atoms with Crippen molar-refractivity contribution in [2.45, 2.75) is 19.9 Å². The van der Waals surface area contributed by atoms with Crippen molar-refractivity contribution in [3.63, 3.8) is 0 Å². The molecule has 23 heavy (non-hydrogen) atoms. The largest absolute Gasteiger partial charge is 0.508 e. The summed E-state index contributed by atoms with van der Waals surface area (Å²) < 4.78 is 1.88. The van der Waals surface area contributed by atoms with Gasteiger partial charge in [-0.15, -0.1) is 0 Å². The molecule has 0 amide bonds. The van der Waals surface area contributed by atoms with Crippen molar-refractivity contribution in [3.05, 3.63) is 36.5 Å². The van der Waals surface area contributed by atoms with Crippen LogP contribution in [0.15, 0.2) is 36.5 Å². The van der Waals surface area contributed by atoms with Gasteiger partial charge in [-0.1, -0.05) is 0 Å². The predicted molar refractivity (Wildman–Crippen MR) is 91.3 cm³/mol. The number of anilines is 1. The van der Waals surface area contributed by atoms with Crippen LogP contribution in [0.1, 0.15) is 19.9 Å². The molecule has 0 saturated carbocycles. The van der Waals surface area contributed by atoms with Gasteiger partial charge in [0.05, 0.1) is 11.1 Å². The first-order chi connectivity index (χ1) is 11.0. The van der Waals surface area contributed by atoms with Gasteiger partial charge in [-0.05, 0) is 44.2 Å². The van der Waals surface area contributed by atoms with Crippen molar-refractivity contribution in [2.75, 3.05) is 5.73 Å². The van der Waals surface area contributed by atoms with Crippen LogP contribution in [0.3, 0.4) is 0 Å². The fourth-order valence-electron chi connectivity index (χ4n) is 2.88. The SMILES string of the molecule is CC(C)n1nc(-c2cc3cc(O)ccc3[nH]2)c2c(N)ccnc21. The number of nitrogens with zero attached hydrogens (tertiary/aromatic N) is 3. The number of rotatable bonds is 2. The van der Waals surface area contributed by atoms with E-state index in [2.05, 4.69) is 23.8 Å². The molecule has 0 spiro atoms. The number of fused-ring (bicyclic) bond motifs is 2. The van der Waals surface area contributed by atoms with Gasteiger partial charge in [-0.25, -0.2) is 9.67 Å². The lowest BCUT2D eigenvalue weighted by atomic mass is 10.2. The molecule has 4 aromatic rings. The highest BCUT2D eigenvalue weighted by molar-refractivity contribution is 6.01. The molecule has 0 unspecified atom stereocenters. The summed E-state index contributed by atoms with van der Waals surface area (Å²) in [5.41, 5.74) is 10.2. The van der Waals surface area contributed by atoms with E-state index in [1.54, 1.807) is 24.4 Å². The minimum Gasteiger partial charge on any atom is -0.508 e. The Morgan fingerprint density at radius 3 is 2.83 bits per heavy atom. The third kappa shape index (κ3) is 2.03. The summed E-state index contributed by atoms with van der Waals surface area (Å²) in [5, 5.41) is 16.1. The van der Waals surface area contributed by atoms with E-state index in [1.165, 1.54) is 0 Å². The Kier molecular flexibility index (Phi) is 2.81. The van der Waals surface area contributed by atoms with Gasteiger partial charge in [0.1, 0.15) is 11.4 Å². The minimum absolute atomic E-state index is 0.175. The number of hydrogen-bond donors (Lipinski definition) is 3. The van der Waals surface area contributed by atoms with Crippen LogP contribution < -0.4 is 5.73 Å². The van der Waals surface area contributed by atoms with Crippen molar-refractivity contribution in [2.24, 2.45) is 0 Å². The number of H-pyrrole nitrogens is 1. The standard InChI is InChI=1S/C17H17N5O/c1-9(2)22-17-15(12(18)5-6-19-17)16(21-22)14-8-10-7-11(23)3-4-13(10)20-14/h3-9,20,23H,1-2H3,(H2,18,19). The van der Waals surface area contributed by atoms with Crippen LogP contribution in [-0.2, 0) is 0 Å². The highest BCUT2D eigenvalue weighted by atomic mass is 16.3. The molecule has 6 nitrogen and oxygen atoms in total. The van der Waals surface area contributed by atoms with Crippen LogP contribution in [-0.4, -0.2) is 24.9 Å². The highest BCUT2D eigenvalue weighted by Crippen LogP contribution is 2.34. The Bertz CT molecular complexity index is 1030. The third-order valence-electron chi connectivity index (χ3n) is 3.97. The molecule has 0 atom stereocenters. The molecule has 4 rings (SSSR count). The predicted octanol–water partition coefficient (Wildman–Crippen LogP) is 3.45. The van der Waals surface area contributed by atoms with Gasteiger partial charge in [0, 0.05) is 28.8 Å². The average molecular weight is 307 g/mol. The van der Waals surface area contributed by atoms with Crippen LogP contribution in [0.2, 0.25) is 0 Å². The molecule has 0 aliphatic heterocycles. The third-order valence-corrected chi connectivity index (χ3v) is 3.97. The number of aromatic hydroxyl groups is 1. The maximum Gasteiger partial charge on any atom is 0.160 e. The van der Waals surface area contributed by atoms with Crippen LogP contribution in [0.25, 0.3) is 33.3 Å². The normalized spacial score (nSPS) is 11.8. The number of phenols is 1. The smallest absolute Gasteiger partial charge is 0.160 e. The molecular weight excluding hydrogens is 290 g/mol. The van der Waals surface area contributed by atoms with E-state index in [1.807, 2.05) is 16.8 Å². The van der Waals surface area contributed by atoms with Gasteiger partial charge in [0.2, 0.25) is 0 Å². The van der Waals surface area contributed by atoms with E-state index < -0.39 is 0 Å². The van der Waals surface area contributed by atoms with E-state index in [4.69, 9.17) is 10.8 Å². The van der Waals surface area contributed by atoms with E-state index in [0.717, 1.165) is 33.3 Å². The summed E-state index contributed by atoms with van der Waals surface area (Å²) in [5.74, 6) is 0.238. The Labute approximate surface area is 132 Å². The number of nitrogens with two attached hydrogens (primary N) is 1. The number of benzene rings is 1. The van der Waals surface area contributed by atoms with E-state index in [-0.39, 0.29) is 11.8 Å². The number of phenolic OH excluding ortho intramolecular Hbond substituents is 1. The molecule has 0 aliphatic carbocycles. The Balaban J connectivity index is 2.03. The molecular formula is C17H17N5O. The first-order valence-corrected chi connectivity index (χ1v) is 7.49. The summed E-state index contributed by atoms with van der Waals surface area (Å²) in [7, 11) is 0. The second-order valence-corrected chi connectivity index (χ2v) is 5.94. The molecule has 3 aromatic heterocycles. The van der Waals surface area contributed by atoms with E-state index in [9.17, 15) is 5.11 Å². The van der Waals surface area contributed by atoms with Gasteiger partial charge in [0.15, 0.2) is 5.65 Å². The van der Waals surface area contributed by atoms with Crippen molar-refractivity contribution < 1.29 is 5.11 Å². The average Bonchev–Trinajstić information content (AvgIpc) is 3.08. The molecule has 0 radical (unpaired) electrons. The molecule has 0 saturated heterocycles. The van der Waals surface area contributed by atoms with Crippen LogP contribution in [0.5, 0.6) is 5.75 Å². The lowest BCUT2D eigenvalue weighted by Crippen LogP contribution is -2.03. The Hall–Kier alpha value is -3.02. The van der Waals surface area contributed by atoms with Crippen molar-refractivity contribution in [1.82, 2.24) is 19.7 Å². The van der Waals surface area contributed by atoms with Crippen molar-refractivity contribution >= 4 is 27.6 Å². The summed E-state index contributed by atoms with van der Waals surface area (Å²) in [6.45, 7) is 4.12. The quantitative estimate of drug-likeness (QED) is 0.529. The number of aromatic amines is 1. The summed E-state index contributed by atoms with van der Waals surface area (Å²) in [6, 6.07) is 9.15. The maximum atomic E-state index is 9.64. The lowest BCUT2D eigenvalue weighted by Gasteiger charge is -2.05. The van der Waals surface area contributed by atoms with Gasteiger partial charge < -0.3 is 15.8 Å². The van der Waals surface area contributed by atoms with Crippen molar-refractivity contribution in [1.29, 1.82) is 0 Å². The molecule has 1 aromatic carbocycles. The Morgan fingerprint density at radius 1 is 1.22 bits per heavy atom. The molecule has 6 heteroatoms. The maximum absolute atomic E-state index is 9.64. The van der Waals surface area contributed by atoms with Crippen LogP contribution in [0, 0.1) is 0 Å². The summed E-state index contributed by atoms with van der Waals surface area (Å²) in [4.78, 5) is 7.78. The number of nitrogens with one attached hydrogen (secondary N) is 1. The monoisotopic (exact) mass is 307 g/mol. The fourth-order valence-corrected chi connectivity index (χ4v) is 2.88. The zero-order chi connectivity index (χ0) is 16.1. The van der Waals surface area contributed by atoms with E-state index >= 15 is 0 Å². The second kappa shape index (κ2) is 4.74.